The monoisotopic (exact) mass is 444 g/mol. The smallest absolute Gasteiger partial charge is 0.323 e. The lowest BCUT2D eigenvalue weighted by molar-refractivity contribution is -0.469. The molecule has 0 unspecified atom stereocenters. The maximum Gasteiger partial charge on any atom is 0.323 e. The van der Waals surface area contributed by atoms with Crippen LogP contribution in [0.3, 0.4) is 0 Å². The van der Waals surface area contributed by atoms with Crippen molar-refractivity contribution in [3.63, 3.8) is 0 Å². The van der Waals surface area contributed by atoms with Gasteiger partial charge in [-0.15, -0.1) is 0 Å². The van der Waals surface area contributed by atoms with Crippen molar-refractivity contribution in [2.24, 2.45) is 52.3 Å². The highest BCUT2D eigenvalue weighted by Crippen LogP contribution is 2.68. The molecule has 9 atom stereocenters. The van der Waals surface area contributed by atoms with Gasteiger partial charge in [-0.25, -0.2) is 4.58 Å². The molecule has 32 heavy (non-hydrogen) atoms. The first-order chi connectivity index (χ1) is 15.1. The van der Waals surface area contributed by atoms with Gasteiger partial charge >= 0.3 is 6.40 Å². The molecule has 4 aliphatic rings. The molecule has 0 aromatic carbocycles. The molecule has 0 bridgehead atoms. The highest BCUT2D eigenvalue weighted by molar-refractivity contribution is 5.39. The largest absolute Gasteiger partial charge is 0.447 e. The second-order valence-corrected chi connectivity index (χ2v) is 13.8. The molecule has 2 heteroatoms. The molecule has 0 aliphatic heterocycles. The first-order valence-corrected chi connectivity index (χ1v) is 14.3. The molecule has 0 saturated heterocycles. The fraction of sp³-hybridized carbons (Fsp3) is 0.967. The number of fused-ring (bicyclic) bond motifs is 5. The summed E-state index contributed by atoms with van der Waals surface area (Å²) in [5.41, 5.74) is 1.20. The van der Waals surface area contributed by atoms with E-state index in [1.54, 1.807) is 0 Å². The van der Waals surface area contributed by atoms with Gasteiger partial charge in [-0.1, -0.05) is 53.9 Å². The van der Waals surface area contributed by atoms with Crippen molar-refractivity contribution in [3.8, 4) is 0 Å². The van der Waals surface area contributed by atoms with Crippen LogP contribution in [0.4, 0.5) is 0 Å². The number of hydrogen-bond donors (Lipinski definition) is 0. The first kappa shape index (κ1) is 24.6. The summed E-state index contributed by atoms with van der Waals surface area (Å²) in [6.45, 7) is 12.8. The topological polar surface area (TPSA) is 12.2 Å². The molecule has 0 N–H and O–H groups in total. The van der Waals surface area contributed by atoms with Crippen molar-refractivity contribution in [1.29, 1.82) is 0 Å². The van der Waals surface area contributed by atoms with Crippen molar-refractivity contribution in [3.05, 3.63) is 0 Å². The zero-order chi connectivity index (χ0) is 23.1. The van der Waals surface area contributed by atoms with Gasteiger partial charge in [0.1, 0.15) is 20.2 Å². The summed E-state index contributed by atoms with van der Waals surface area (Å²) in [6, 6.07) is 0. The van der Waals surface area contributed by atoms with Gasteiger partial charge in [-0.05, 0) is 110 Å². The van der Waals surface area contributed by atoms with Crippen molar-refractivity contribution in [2.75, 3.05) is 14.1 Å². The summed E-state index contributed by atoms with van der Waals surface area (Å²) in [7, 11) is 4.13. The number of nitrogens with zero attached hydrogens (tertiary/aromatic N) is 1. The lowest BCUT2D eigenvalue weighted by Gasteiger charge is -2.61. The van der Waals surface area contributed by atoms with Crippen LogP contribution in [-0.2, 0) is 4.74 Å². The van der Waals surface area contributed by atoms with E-state index in [1.807, 2.05) is 11.0 Å². The quantitative estimate of drug-likeness (QED) is 0.222. The molecule has 0 aromatic heterocycles. The van der Waals surface area contributed by atoms with Gasteiger partial charge in [-0.3, -0.25) is 0 Å². The van der Waals surface area contributed by atoms with Crippen molar-refractivity contribution in [2.45, 2.75) is 118 Å². The SMILES string of the molecule is CC(C)CCC[C@H](C)[C@H]1CC[C@H]2[C@@H]3CC[C@H]4C[C@@H](OC=[N+](C)C)CC[C@]4(C)[C@H]3CC[C@]12C. The van der Waals surface area contributed by atoms with Gasteiger partial charge in [0, 0.05) is 0 Å². The Labute approximate surface area is 200 Å². The second kappa shape index (κ2) is 9.61. The molecule has 184 valence electrons. The van der Waals surface area contributed by atoms with E-state index >= 15 is 0 Å². The predicted molar refractivity (Wildman–Crippen MR) is 136 cm³/mol. The molecule has 4 rings (SSSR count). The second-order valence-electron chi connectivity index (χ2n) is 13.8. The third-order valence-corrected chi connectivity index (χ3v) is 11.3. The zero-order valence-corrected chi connectivity index (χ0v) is 22.5. The van der Waals surface area contributed by atoms with Crippen LogP contribution in [0.2, 0.25) is 0 Å². The number of hydrogen-bond acceptors (Lipinski definition) is 1. The Morgan fingerprint density at radius 3 is 2.31 bits per heavy atom. The Morgan fingerprint density at radius 1 is 0.875 bits per heavy atom. The fourth-order valence-corrected chi connectivity index (χ4v) is 9.57. The third-order valence-electron chi connectivity index (χ3n) is 11.3. The van der Waals surface area contributed by atoms with E-state index in [4.69, 9.17) is 4.74 Å². The standard InChI is InChI=1S/C30H54NO/c1-21(2)9-8-10-22(3)26-13-14-27-25-12-11-23-19-24(32-20-31(6)7)15-17-29(23,4)28(25)16-18-30(26,27)5/h20-28H,8-19H2,1-7H3/q+1/t22-,23-,24-,25-,26+,27-,28-,29-,30+/m0/s1. The lowest BCUT2D eigenvalue weighted by Crippen LogP contribution is -2.54. The third kappa shape index (κ3) is 4.55. The predicted octanol–water partition coefficient (Wildman–Crippen LogP) is 7.79. The Balaban J connectivity index is 1.42. The van der Waals surface area contributed by atoms with Crippen LogP contribution < -0.4 is 0 Å². The minimum Gasteiger partial charge on any atom is -0.447 e. The van der Waals surface area contributed by atoms with E-state index in [0.717, 1.165) is 41.4 Å². The molecule has 0 radical (unpaired) electrons. The zero-order valence-electron chi connectivity index (χ0n) is 22.5. The lowest BCUT2D eigenvalue weighted by atomic mass is 9.44. The van der Waals surface area contributed by atoms with Crippen molar-refractivity contribution in [1.82, 2.24) is 0 Å². The molecule has 4 aliphatic carbocycles. The van der Waals surface area contributed by atoms with Crippen molar-refractivity contribution >= 4 is 6.40 Å². The van der Waals surface area contributed by atoms with E-state index in [9.17, 15) is 0 Å². The van der Waals surface area contributed by atoms with Gasteiger partial charge < -0.3 is 4.74 Å². The molecule has 0 aromatic rings. The van der Waals surface area contributed by atoms with Crippen LogP contribution in [-0.4, -0.2) is 31.2 Å². The summed E-state index contributed by atoms with van der Waals surface area (Å²) in [6.07, 6.45) is 19.7. The summed E-state index contributed by atoms with van der Waals surface area (Å²) in [4.78, 5) is 0. The number of rotatable bonds is 7. The summed E-state index contributed by atoms with van der Waals surface area (Å²) < 4.78 is 8.20. The Morgan fingerprint density at radius 2 is 1.59 bits per heavy atom. The maximum absolute atomic E-state index is 6.15. The minimum absolute atomic E-state index is 0.448. The molecule has 0 spiro atoms. The van der Waals surface area contributed by atoms with Crippen LogP contribution in [0.25, 0.3) is 0 Å². The molecule has 4 saturated carbocycles. The van der Waals surface area contributed by atoms with E-state index in [2.05, 4.69) is 48.7 Å². The van der Waals surface area contributed by atoms with Gasteiger partial charge in [0.05, 0.1) is 0 Å². The molecule has 2 nitrogen and oxygen atoms in total. The van der Waals surface area contributed by atoms with Gasteiger partial charge in [0.25, 0.3) is 0 Å². The van der Waals surface area contributed by atoms with E-state index in [1.165, 1.54) is 77.0 Å². The summed E-state index contributed by atoms with van der Waals surface area (Å²) in [5.74, 6) is 6.65. The Kier molecular flexibility index (Phi) is 7.39. The first-order valence-electron chi connectivity index (χ1n) is 14.3. The number of ether oxygens (including phenoxy) is 1. The fourth-order valence-electron chi connectivity index (χ4n) is 9.57. The van der Waals surface area contributed by atoms with Gasteiger partial charge in [-0.2, -0.15) is 0 Å². The normalized spacial score (nSPS) is 44.4. The average molecular weight is 445 g/mol. The van der Waals surface area contributed by atoms with Crippen LogP contribution in [0.5, 0.6) is 0 Å². The average Bonchev–Trinajstić information content (AvgIpc) is 3.09. The van der Waals surface area contributed by atoms with E-state index in [0.29, 0.717) is 16.9 Å². The van der Waals surface area contributed by atoms with Crippen LogP contribution in [0.1, 0.15) is 112 Å². The minimum atomic E-state index is 0.448. The van der Waals surface area contributed by atoms with Gasteiger partial charge in [0.2, 0.25) is 0 Å². The summed E-state index contributed by atoms with van der Waals surface area (Å²) in [5, 5.41) is 0. The van der Waals surface area contributed by atoms with E-state index in [-0.39, 0.29) is 0 Å². The summed E-state index contributed by atoms with van der Waals surface area (Å²) >= 11 is 0. The van der Waals surface area contributed by atoms with Crippen LogP contribution >= 0.6 is 0 Å². The van der Waals surface area contributed by atoms with Crippen molar-refractivity contribution < 1.29 is 9.31 Å². The van der Waals surface area contributed by atoms with Crippen LogP contribution in [0, 0.1) is 52.3 Å². The molecule has 0 amide bonds. The highest BCUT2D eigenvalue weighted by Gasteiger charge is 2.60. The van der Waals surface area contributed by atoms with Crippen LogP contribution in [0.15, 0.2) is 0 Å². The van der Waals surface area contributed by atoms with E-state index < -0.39 is 0 Å². The molecular formula is C30H54NO+. The molecule has 0 heterocycles. The highest BCUT2D eigenvalue weighted by atomic mass is 16.5. The maximum atomic E-state index is 6.15. The molecule has 4 fully saturated rings. The molecular weight excluding hydrogens is 390 g/mol. The Bertz CT molecular complexity index is 666. The van der Waals surface area contributed by atoms with Gasteiger partial charge in [0.15, 0.2) is 0 Å². The Hall–Kier alpha value is -0.530.